The number of carbonyl (C=O) groups excluding carboxylic acids is 2. The van der Waals surface area contributed by atoms with Crippen LogP contribution in [0.5, 0.6) is 0 Å². The molecule has 0 atom stereocenters. The molecule has 0 aliphatic carbocycles. The molecule has 5 aromatic carbocycles. The van der Waals surface area contributed by atoms with Gasteiger partial charge in [-0.15, -0.1) is 0 Å². The Morgan fingerprint density at radius 3 is 1.63 bits per heavy atom. The summed E-state index contributed by atoms with van der Waals surface area (Å²) < 4.78 is 11.3. The number of hydrogen-bond acceptors (Lipinski definition) is 4. The van der Waals surface area contributed by atoms with Gasteiger partial charge in [-0.2, -0.15) is 0 Å². The molecule has 41 heavy (non-hydrogen) atoms. The van der Waals surface area contributed by atoms with Crippen molar-refractivity contribution in [2.75, 3.05) is 0 Å². The Morgan fingerprint density at radius 1 is 0.561 bits per heavy atom. The summed E-state index contributed by atoms with van der Waals surface area (Å²) in [6, 6.07) is 38.3. The molecule has 199 valence electrons. The molecule has 0 heterocycles. The van der Waals surface area contributed by atoms with Crippen LogP contribution in [-0.2, 0) is 5.63 Å². The van der Waals surface area contributed by atoms with Gasteiger partial charge in [0.15, 0.2) is 0 Å². The van der Waals surface area contributed by atoms with Gasteiger partial charge in [0.1, 0.15) is 0 Å². The van der Waals surface area contributed by atoms with Crippen LogP contribution in [0, 0.1) is 0 Å². The summed E-state index contributed by atoms with van der Waals surface area (Å²) in [4.78, 5) is 26.7. The molecule has 0 aromatic heterocycles. The molecule has 5 rings (SSSR count). The van der Waals surface area contributed by atoms with Gasteiger partial charge in [-0.05, 0) is 0 Å². The Labute approximate surface area is 252 Å². The van der Waals surface area contributed by atoms with E-state index in [1.807, 2.05) is 109 Å². The van der Waals surface area contributed by atoms with E-state index in [-0.39, 0.29) is 0 Å². The molecular weight excluding hydrogens is 705 g/mol. The first kappa shape index (κ1) is 28.0. The van der Waals surface area contributed by atoms with Crippen LogP contribution in [0.1, 0.15) is 31.8 Å². The van der Waals surface area contributed by atoms with Crippen molar-refractivity contribution in [3.63, 3.8) is 0 Å². The van der Waals surface area contributed by atoms with Crippen molar-refractivity contribution in [3.05, 3.63) is 157 Å². The van der Waals surface area contributed by atoms with Crippen molar-refractivity contribution in [2.24, 2.45) is 0 Å². The minimum atomic E-state index is -2.45. The van der Waals surface area contributed by atoms with E-state index >= 15 is 0 Å². The zero-order chi connectivity index (χ0) is 28.6. The third-order valence-electron chi connectivity index (χ3n) is 6.63. The molecule has 0 fully saturated rings. The molecule has 0 saturated heterocycles. The van der Waals surface area contributed by atoms with E-state index in [2.05, 4.69) is 13.2 Å². The van der Waals surface area contributed by atoms with E-state index < -0.39 is 36.1 Å². The van der Waals surface area contributed by atoms with Crippen LogP contribution in [0.25, 0.3) is 45.5 Å². The van der Waals surface area contributed by atoms with E-state index in [0.29, 0.717) is 11.1 Å². The van der Waals surface area contributed by atoms with E-state index in [1.165, 1.54) is 0 Å². The van der Waals surface area contributed by atoms with Crippen LogP contribution in [0.4, 0.5) is 0 Å². The summed E-state index contributed by atoms with van der Waals surface area (Å²) in [5.41, 5.74) is 7.69. The van der Waals surface area contributed by atoms with Crippen LogP contribution >= 0.6 is 0 Å². The molecule has 1 radical (unpaired) electrons. The number of benzene rings is 5. The first-order valence-corrected chi connectivity index (χ1v) is 15.8. The van der Waals surface area contributed by atoms with Crippen LogP contribution in [-0.4, -0.2) is 36.1 Å². The zero-order valence-electron chi connectivity index (χ0n) is 22.2. The van der Waals surface area contributed by atoms with Gasteiger partial charge in [-0.3, -0.25) is 0 Å². The number of hydrogen-bond donors (Lipinski definition) is 0. The van der Waals surface area contributed by atoms with E-state index in [4.69, 9.17) is 5.63 Å². The summed E-state index contributed by atoms with van der Waals surface area (Å²) >= 11 is -2.45. The molecule has 4 nitrogen and oxygen atoms in total. The Hall–Kier alpha value is -4.60. The third kappa shape index (κ3) is 6.27. The average molecular weight is 732 g/mol. The summed E-state index contributed by atoms with van der Waals surface area (Å²) in [6.45, 7) is 7.83. The molecular formula is C36H26BiO4. The summed E-state index contributed by atoms with van der Waals surface area (Å²) in [7, 11) is 0. The molecule has 0 aliphatic heterocycles. The molecule has 0 bridgehead atoms. The Morgan fingerprint density at radius 2 is 1.07 bits per heavy atom. The summed E-state index contributed by atoms with van der Waals surface area (Å²) in [5.74, 6) is -1.04. The van der Waals surface area contributed by atoms with Gasteiger partial charge in [0, 0.05) is 0 Å². The van der Waals surface area contributed by atoms with Crippen LogP contribution in [0.15, 0.2) is 134 Å². The molecule has 0 aliphatic rings. The average Bonchev–Trinajstić information content (AvgIpc) is 3.04. The van der Waals surface area contributed by atoms with Gasteiger partial charge in [-0.1, -0.05) is 0 Å². The van der Waals surface area contributed by atoms with Crippen molar-refractivity contribution in [1.29, 1.82) is 0 Å². The van der Waals surface area contributed by atoms with Crippen LogP contribution < -0.4 is 0 Å². The Kier molecular flexibility index (Phi) is 8.98. The maximum atomic E-state index is 13.5. The first-order valence-electron chi connectivity index (χ1n) is 13.0. The predicted molar refractivity (Wildman–Crippen MR) is 166 cm³/mol. The predicted octanol–water partition coefficient (Wildman–Crippen LogP) is 8.52. The topological polar surface area (TPSA) is 52.6 Å². The van der Waals surface area contributed by atoms with Gasteiger partial charge in [0.2, 0.25) is 0 Å². The first-order chi connectivity index (χ1) is 20.1. The van der Waals surface area contributed by atoms with Crippen molar-refractivity contribution >= 4 is 48.2 Å². The van der Waals surface area contributed by atoms with E-state index in [1.54, 1.807) is 24.3 Å². The zero-order valence-corrected chi connectivity index (χ0v) is 25.7. The molecule has 0 amide bonds. The second-order valence-electron chi connectivity index (χ2n) is 9.10. The Bertz CT molecular complexity index is 1710. The van der Waals surface area contributed by atoms with Crippen molar-refractivity contribution < 1.29 is 15.2 Å². The van der Waals surface area contributed by atoms with Gasteiger partial charge in [0.05, 0.1) is 0 Å². The fraction of sp³-hybridized carbons (Fsp3) is 0. The fourth-order valence-corrected chi connectivity index (χ4v) is 6.12. The van der Waals surface area contributed by atoms with Gasteiger partial charge >= 0.3 is 254 Å². The van der Waals surface area contributed by atoms with E-state index in [9.17, 15) is 9.59 Å². The molecule has 0 saturated carbocycles. The van der Waals surface area contributed by atoms with Crippen molar-refractivity contribution in [3.8, 4) is 33.4 Å². The van der Waals surface area contributed by atoms with Crippen LogP contribution in [0.3, 0.4) is 0 Å². The number of carbonyl (C=O) groups is 2. The van der Waals surface area contributed by atoms with Gasteiger partial charge in [0.25, 0.3) is 0 Å². The van der Waals surface area contributed by atoms with Crippen molar-refractivity contribution in [2.45, 2.75) is 0 Å². The molecule has 0 spiro atoms. The summed E-state index contributed by atoms with van der Waals surface area (Å²) in [5, 5.41) is 0. The Balaban J connectivity index is 1.43. The molecule has 5 aromatic rings. The number of rotatable bonds is 9. The monoisotopic (exact) mass is 731 g/mol. The SMILES string of the molecule is C=Cc1ccc(C(=O)[O][Bi][O]C(=O)c2ccc(C=C)c(-c3ccccc3)c2-c2ccccc2)c(-c2ccccc2)c1. The standard InChI is InChI=1S/C21H16O2.C15H12O2.Bi/c1-2-15-13-14-18(21(22)23)20(17-11-7-4-8-12-17)19(15)16-9-5-3-6-10-16;1-2-11-8-9-13(15(16)17)14(10-11)12-6-4-3-5-7-12;/h2-14H,1H2,(H,22,23);2-10H,1H2,(H,16,17);/q;;+2/p-2. The minimum absolute atomic E-state index is 0.403. The molecule has 0 N–H and O–H groups in total. The van der Waals surface area contributed by atoms with E-state index in [0.717, 1.165) is 44.5 Å². The molecule has 0 unspecified atom stereocenters. The second-order valence-corrected chi connectivity index (χ2v) is 11.1. The summed E-state index contributed by atoms with van der Waals surface area (Å²) in [6.07, 6.45) is 3.51. The quantitative estimate of drug-likeness (QED) is 0.143. The van der Waals surface area contributed by atoms with Gasteiger partial charge in [-0.25, -0.2) is 0 Å². The maximum absolute atomic E-state index is 13.5. The van der Waals surface area contributed by atoms with Crippen molar-refractivity contribution in [1.82, 2.24) is 0 Å². The molecule has 5 heteroatoms. The second kappa shape index (κ2) is 13.2. The van der Waals surface area contributed by atoms with Crippen LogP contribution in [0.2, 0.25) is 0 Å². The normalized spacial score (nSPS) is 10.4. The van der Waals surface area contributed by atoms with Gasteiger partial charge < -0.3 is 0 Å². The third-order valence-corrected chi connectivity index (χ3v) is 8.50. The fourth-order valence-electron chi connectivity index (χ4n) is 4.69.